The Kier molecular flexibility index (Phi) is 3.33. The highest BCUT2D eigenvalue weighted by atomic mass is 16.2. The van der Waals surface area contributed by atoms with E-state index < -0.39 is 6.04 Å². The Labute approximate surface area is 123 Å². The summed E-state index contributed by atoms with van der Waals surface area (Å²) < 4.78 is 0. The van der Waals surface area contributed by atoms with E-state index in [9.17, 15) is 9.59 Å². The Hall–Kier alpha value is -2.43. The Balaban J connectivity index is 1.99. The standard InChI is InChI=1S/C16H17N3O2/c1-10(2)15-16(21)19(9-14(20)18-15)12-5-6-13-11(8-12)4-3-7-17-13/h3-8,10,15H,9H2,1-2H3,(H,18,20). The van der Waals surface area contributed by atoms with Crippen molar-refractivity contribution in [2.45, 2.75) is 19.9 Å². The zero-order chi connectivity index (χ0) is 15.0. The van der Waals surface area contributed by atoms with Crippen LogP contribution in [-0.4, -0.2) is 29.4 Å². The molecular formula is C16H17N3O2. The fourth-order valence-corrected chi connectivity index (χ4v) is 2.57. The van der Waals surface area contributed by atoms with Gasteiger partial charge < -0.3 is 10.2 Å². The number of anilines is 1. The Morgan fingerprint density at radius 3 is 2.86 bits per heavy atom. The van der Waals surface area contributed by atoms with Crippen LogP contribution in [-0.2, 0) is 9.59 Å². The first-order valence-electron chi connectivity index (χ1n) is 7.02. The van der Waals surface area contributed by atoms with Gasteiger partial charge in [0.25, 0.3) is 0 Å². The number of carbonyl (C=O) groups is 2. The van der Waals surface area contributed by atoms with E-state index in [2.05, 4.69) is 10.3 Å². The van der Waals surface area contributed by atoms with Crippen LogP contribution in [0.3, 0.4) is 0 Å². The highest BCUT2D eigenvalue weighted by molar-refractivity contribution is 6.07. The van der Waals surface area contributed by atoms with Crippen LogP contribution < -0.4 is 10.2 Å². The van der Waals surface area contributed by atoms with Crippen LogP contribution >= 0.6 is 0 Å². The predicted molar refractivity (Wildman–Crippen MR) is 80.9 cm³/mol. The Bertz CT molecular complexity index is 711. The molecule has 1 fully saturated rings. The number of pyridine rings is 1. The molecule has 1 aromatic heterocycles. The van der Waals surface area contributed by atoms with Gasteiger partial charge in [-0.15, -0.1) is 0 Å². The number of aromatic nitrogens is 1. The Morgan fingerprint density at radius 2 is 2.10 bits per heavy atom. The lowest BCUT2D eigenvalue weighted by molar-refractivity contribution is -0.132. The number of carbonyl (C=O) groups excluding carboxylic acids is 2. The summed E-state index contributed by atoms with van der Waals surface area (Å²) in [5.41, 5.74) is 1.61. The fraction of sp³-hybridized carbons (Fsp3) is 0.312. The number of nitrogens with one attached hydrogen (secondary N) is 1. The molecule has 5 nitrogen and oxygen atoms in total. The lowest BCUT2D eigenvalue weighted by Crippen LogP contribution is -2.60. The predicted octanol–water partition coefficient (Wildman–Crippen LogP) is 1.72. The van der Waals surface area contributed by atoms with Crippen molar-refractivity contribution in [3.63, 3.8) is 0 Å². The highest BCUT2D eigenvalue weighted by Crippen LogP contribution is 2.23. The summed E-state index contributed by atoms with van der Waals surface area (Å²) in [5.74, 6) is -0.126. The molecule has 2 amide bonds. The first kappa shape index (κ1) is 13.5. The number of rotatable bonds is 2. The molecule has 5 heteroatoms. The van der Waals surface area contributed by atoms with Crippen molar-refractivity contribution in [3.05, 3.63) is 36.5 Å². The van der Waals surface area contributed by atoms with Crippen molar-refractivity contribution < 1.29 is 9.59 Å². The number of hydrogen-bond acceptors (Lipinski definition) is 3. The van der Waals surface area contributed by atoms with Gasteiger partial charge in [0.1, 0.15) is 12.6 Å². The van der Waals surface area contributed by atoms with Crippen molar-refractivity contribution in [3.8, 4) is 0 Å². The molecule has 108 valence electrons. The third-order valence-electron chi connectivity index (χ3n) is 3.72. The van der Waals surface area contributed by atoms with E-state index in [4.69, 9.17) is 0 Å². The van der Waals surface area contributed by atoms with Crippen LogP contribution in [0.2, 0.25) is 0 Å². The van der Waals surface area contributed by atoms with E-state index in [1.807, 2.05) is 44.2 Å². The van der Waals surface area contributed by atoms with Crippen LogP contribution in [0.4, 0.5) is 5.69 Å². The van der Waals surface area contributed by atoms with Crippen LogP contribution in [0, 0.1) is 5.92 Å². The molecule has 1 N–H and O–H groups in total. The summed E-state index contributed by atoms with van der Waals surface area (Å²) in [6.45, 7) is 3.92. The van der Waals surface area contributed by atoms with E-state index in [-0.39, 0.29) is 24.3 Å². The van der Waals surface area contributed by atoms with Gasteiger partial charge in [-0.2, -0.15) is 0 Å². The third kappa shape index (κ3) is 2.46. The number of piperazine rings is 1. The minimum absolute atomic E-state index is 0.0615. The summed E-state index contributed by atoms with van der Waals surface area (Å²) in [6, 6.07) is 8.94. The van der Waals surface area contributed by atoms with Gasteiger partial charge in [-0.05, 0) is 30.2 Å². The zero-order valence-electron chi connectivity index (χ0n) is 12.0. The molecule has 1 aliphatic heterocycles. The number of hydrogen-bond donors (Lipinski definition) is 1. The average Bonchev–Trinajstić information content (AvgIpc) is 2.48. The topological polar surface area (TPSA) is 62.3 Å². The second-order valence-electron chi connectivity index (χ2n) is 5.59. The van der Waals surface area contributed by atoms with Crippen LogP contribution in [0.5, 0.6) is 0 Å². The minimum Gasteiger partial charge on any atom is -0.342 e. The summed E-state index contributed by atoms with van der Waals surface area (Å²) in [6.07, 6.45) is 1.73. The molecule has 1 saturated heterocycles. The first-order valence-corrected chi connectivity index (χ1v) is 7.02. The number of amides is 2. The molecule has 21 heavy (non-hydrogen) atoms. The van der Waals surface area contributed by atoms with Crippen molar-refractivity contribution in [2.24, 2.45) is 5.92 Å². The second kappa shape index (κ2) is 5.16. The van der Waals surface area contributed by atoms with Gasteiger partial charge >= 0.3 is 0 Å². The molecule has 1 aromatic carbocycles. The molecule has 1 unspecified atom stereocenters. The van der Waals surface area contributed by atoms with E-state index >= 15 is 0 Å². The smallest absolute Gasteiger partial charge is 0.250 e. The molecule has 0 spiro atoms. The molecule has 0 saturated carbocycles. The minimum atomic E-state index is -0.462. The van der Waals surface area contributed by atoms with Crippen molar-refractivity contribution in [2.75, 3.05) is 11.4 Å². The molecule has 0 bridgehead atoms. The quantitative estimate of drug-likeness (QED) is 0.913. The van der Waals surface area contributed by atoms with E-state index in [0.29, 0.717) is 0 Å². The zero-order valence-corrected chi connectivity index (χ0v) is 12.0. The maximum atomic E-state index is 12.5. The van der Waals surface area contributed by atoms with E-state index in [1.54, 1.807) is 11.1 Å². The maximum Gasteiger partial charge on any atom is 0.250 e. The average molecular weight is 283 g/mol. The maximum absolute atomic E-state index is 12.5. The van der Waals surface area contributed by atoms with Gasteiger partial charge in [0.2, 0.25) is 11.8 Å². The molecular weight excluding hydrogens is 266 g/mol. The number of nitrogens with zero attached hydrogens (tertiary/aromatic N) is 2. The Morgan fingerprint density at radius 1 is 1.29 bits per heavy atom. The van der Waals surface area contributed by atoms with Gasteiger partial charge in [0.15, 0.2) is 0 Å². The van der Waals surface area contributed by atoms with Crippen LogP contribution in [0.15, 0.2) is 36.5 Å². The summed E-state index contributed by atoms with van der Waals surface area (Å²) >= 11 is 0. The summed E-state index contributed by atoms with van der Waals surface area (Å²) in [4.78, 5) is 30.2. The molecule has 0 aliphatic carbocycles. The van der Waals surface area contributed by atoms with Gasteiger partial charge in [-0.1, -0.05) is 19.9 Å². The largest absolute Gasteiger partial charge is 0.342 e. The summed E-state index contributed by atoms with van der Waals surface area (Å²) in [7, 11) is 0. The lowest BCUT2D eigenvalue weighted by Gasteiger charge is -2.34. The molecule has 2 heterocycles. The monoisotopic (exact) mass is 283 g/mol. The fourth-order valence-electron chi connectivity index (χ4n) is 2.57. The second-order valence-corrected chi connectivity index (χ2v) is 5.59. The third-order valence-corrected chi connectivity index (χ3v) is 3.72. The van der Waals surface area contributed by atoms with Crippen LogP contribution in [0.1, 0.15) is 13.8 Å². The molecule has 1 atom stereocenters. The van der Waals surface area contributed by atoms with Gasteiger partial charge in [0.05, 0.1) is 5.52 Å². The SMILES string of the molecule is CC(C)C1NC(=O)CN(c2ccc3ncccc3c2)C1=O. The molecule has 2 aromatic rings. The first-order chi connectivity index (χ1) is 10.1. The van der Waals surface area contributed by atoms with Crippen molar-refractivity contribution in [1.82, 2.24) is 10.3 Å². The molecule has 1 aliphatic rings. The molecule has 0 radical (unpaired) electrons. The van der Waals surface area contributed by atoms with Gasteiger partial charge in [-0.25, -0.2) is 0 Å². The van der Waals surface area contributed by atoms with Gasteiger partial charge in [-0.3, -0.25) is 14.6 Å². The van der Waals surface area contributed by atoms with Crippen molar-refractivity contribution in [1.29, 1.82) is 0 Å². The van der Waals surface area contributed by atoms with E-state index in [1.165, 1.54) is 0 Å². The lowest BCUT2D eigenvalue weighted by atomic mass is 10.00. The number of benzene rings is 1. The van der Waals surface area contributed by atoms with Crippen LogP contribution in [0.25, 0.3) is 10.9 Å². The van der Waals surface area contributed by atoms with Gasteiger partial charge in [0, 0.05) is 17.3 Å². The number of fused-ring (bicyclic) bond motifs is 1. The normalized spacial score (nSPS) is 19.2. The van der Waals surface area contributed by atoms with E-state index in [0.717, 1.165) is 16.6 Å². The highest BCUT2D eigenvalue weighted by Gasteiger charge is 2.35. The summed E-state index contributed by atoms with van der Waals surface area (Å²) in [5, 5.41) is 3.71. The molecule has 3 rings (SSSR count). The van der Waals surface area contributed by atoms with Crippen molar-refractivity contribution >= 4 is 28.4 Å².